The van der Waals surface area contributed by atoms with E-state index >= 15 is 0 Å². The van der Waals surface area contributed by atoms with Gasteiger partial charge in [-0.25, -0.2) is 0 Å². The van der Waals surface area contributed by atoms with E-state index in [1.807, 2.05) is 33.9 Å². The third-order valence-corrected chi connectivity index (χ3v) is 7.06. The first kappa shape index (κ1) is 23.7. The summed E-state index contributed by atoms with van der Waals surface area (Å²) in [6.45, 7) is 1.70. The Morgan fingerprint density at radius 3 is 2.51 bits per heavy atom. The average Bonchev–Trinajstić information content (AvgIpc) is 3.14. The van der Waals surface area contributed by atoms with Crippen LogP contribution in [0.1, 0.15) is 42.4 Å². The van der Waals surface area contributed by atoms with Crippen molar-refractivity contribution >= 4 is 56.0 Å². The van der Waals surface area contributed by atoms with E-state index in [1.54, 1.807) is 6.08 Å². The number of halogens is 4. The second-order valence-electron chi connectivity index (χ2n) is 8.94. The molecule has 0 radical (unpaired) electrons. The molecule has 0 aliphatic carbocycles. The average molecular weight is 546 g/mol. The predicted molar refractivity (Wildman–Crippen MR) is 133 cm³/mol. The zero-order chi connectivity index (χ0) is 24.7. The number of rotatable bonds is 3. The van der Waals surface area contributed by atoms with Gasteiger partial charge in [-0.05, 0) is 49.2 Å². The fourth-order valence-corrected chi connectivity index (χ4v) is 5.14. The van der Waals surface area contributed by atoms with Crippen LogP contribution < -0.4 is 5.32 Å². The first-order valence-electron chi connectivity index (χ1n) is 11.5. The molecule has 1 N–H and O–H groups in total. The first-order chi connectivity index (χ1) is 16.7. The van der Waals surface area contributed by atoms with Gasteiger partial charge in [0.2, 0.25) is 5.91 Å². The van der Waals surface area contributed by atoms with Gasteiger partial charge in [0.25, 0.3) is 5.91 Å². The number of carbonyl (C=O) groups is 2. The maximum Gasteiger partial charge on any atom is 0.416 e. The molecule has 3 aromatic rings. The molecule has 9 heteroatoms. The van der Waals surface area contributed by atoms with Crippen molar-refractivity contribution < 1.29 is 22.8 Å². The Kier molecular flexibility index (Phi) is 6.21. The Morgan fingerprint density at radius 1 is 1.06 bits per heavy atom. The van der Waals surface area contributed by atoms with Crippen LogP contribution in [0.15, 0.2) is 47.1 Å². The van der Waals surface area contributed by atoms with Crippen LogP contribution in [0.5, 0.6) is 0 Å². The lowest BCUT2D eigenvalue weighted by Crippen LogP contribution is -2.34. The molecule has 0 atom stereocenters. The molecule has 0 bridgehead atoms. The normalized spacial score (nSPS) is 17.5. The maximum absolute atomic E-state index is 13.1. The molecule has 0 spiro atoms. The summed E-state index contributed by atoms with van der Waals surface area (Å²) in [5.41, 5.74) is 1.57. The van der Waals surface area contributed by atoms with Gasteiger partial charge in [0.15, 0.2) is 0 Å². The van der Waals surface area contributed by atoms with Gasteiger partial charge in [-0.2, -0.15) is 13.2 Å². The minimum Gasteiger partial charge on any atom is -0.341 e. The summed E-state index contributed by atoms with van der Waals surface area (Å²) in [4.78, 5) is 27.6. The van der Waals surface area contributed by atoms with Crippen molar-refractivity contribution in [1.29, 1.82) is 0 Å². The number of amides is 2. The van der Waals surface area contributed by atoms with E-state index in [0.29, 0.717) is 11.1 Å². The molecule has 35 heavy (non-hydrogen) atoms. The lowest BCUT2D eigenvalue weighted by atomic mass is 10.0. The highest BCUT2D eigenvalue weighted by Gasteiger charge is 2.33. The highest BCUT2D eigenvalue weighted by Crippen LogP contribution is 2.39. The largest absolute Gasteiger partial charge is 0.416 e. The van der Waals surface area contributed by atoms with Gasteiger partial charge in [0.1, 0.15) is 6.54 Å². The molecule has 5 rings (SSSR count). The quantitative estimate of drug-likeness (QED) is 0.391. The van der Waals surface area contributed by atoms with Crippen LogP contribution in [0.4, 0.5) is 18.9 Å². The molecule has 2 aliphatic heterocycles. The predicted octanol–water partition coefficient (Wildman–Crippen LogP) is 6.32. The first-order valence-corrected chi connectivity index (χ1v) is 12.3. The molecule has 1 saturated heterocycles. The highest BCUT2D eigenvalue weighted by molar-refractivity contribution is 9.10. The van der Waals surface area contributed by atoms with E-state index in [0.717, 1.165) is 66.3 Å². The Bertz CT molecular complexity index is 1350. The Balaban J connectivity index is 1.52. The van der Waals surface area contributed by atoms with Gasteiger partial charge in [-0.15, -0.1) is 0 Å². The molecule has 2 aliphatic rings. The number of alkyl halides is 3. The van der Waals surface area contributed by atoms with Crippen molar-refractivity contribution in [3.63, 3.8) is 0 Å². The summed E-state index contributed by atoms with van der Waals surface area (Å²) in [5.74, 6) is -0.412. The fourth-order valence-electron chi connectivity index (χ4n) is 4.78. The summed E-state index contributed by atoms with van der Waals surface area (Å²) in [6.07, 6.45) is 3.29. The van der Waals surface area contributed by atoms with Crippen molar-refractivity contribution in [2.24, 2.45) is 0 Å². The molecule has 2 amide bonds. The molecule has 3 heterocycles. The monoisotopic (exact) mass is 545 g/mol. The summed E-state index contributed by atoms with van der Waals surface area (Å²) >= 11 is 3.48. The topological polar surface area (TPSA) is 54.3 Å². The van der Waals surface area contributed by atoms with E-state index in [9.17, 15) is 22.8 Å². The van der Waals surface area contributed by atoms with E-state index in [4.69, 9.17) is 0 Å². The molecule has 182 valence electrons. The smallest absolute Gasteiger partial charge is 0.341 e. The van der Waals surface area contributed by atoms with Gasteiger partial charge < -0.3 is 14.8 Å². The SMILES string of the molecule is O=C1Nc2cc(C(F)(F)F)ccc2/C1=C\c1cn(CC(=O)N2CCCCCC2)c2ccc(Br)cc12. The van der Waals surface area contributed by atoms with Crippen molar-refractivity contribution in [1.82, 2.24) is 9.47 Å². The van der Waals surface area contributed by atoms with Crippen LogP contribution >= 0.6 is 15.9 Å². The lowest BCUT2D eigenvalue weighted by molar-refractivity contribution is -0.137. The third kappa shape index (κ3) is 4.74. The number of nitrogens with zero attached hydrogens (tertiary/aromatic N) is 2. The second-order valence-corrected chi connectivity index (χ2v) is 9.85. The van der Waals surface area contributed by atoms with Gasteiger partial charge in [0.05, 0.1) is 5.56 Å². The number of hydrogen-bond acceptors (Lipinski definition) is 2. The number of carbonyl (C=O) groups excluding carboxylic acids is 2. The Hall–Kier alpha value is -3.07. The lowest BCUT2D eigenvalue weighted by Gasteiger charge is -2.20. The number of fused-ring (bicyclic) bond motifs is 2. The standard InChI is InChI=1S/C26H23BrF3N3O2/c27-18-6-8-23-20(13-18)16(14-33(23)15-24(34)32-9-3-1-2-4-10-32)11-21-19-7-5-17(26(28,29)30)12-22(19)31-25(21)35/h5-8,11-14H,1-4,9-10,15H2,(H,31,35)/b21-11+. The van der Waals surface area contributed by atoms with Gasteiger partial charge in [0, 0.05) is 57.0 Å². The summed E-state index contributed by atoms with van der Waals surface area (Å²) < 4.78 is 42.0. The van der Waals surface area contributed by atoms with Crippen LogP contribution in [0.3, 0.4) is 0 Å². The number of hydrogen-bond donors (Lipinski definition) is 1. The van der Waals surface area contributed by atoms with Crippen molar-refractivity contribution in [3.05, 3.63) is 63.8 Å². The minimum absolute atomic E-state index is 0.0505. The van der Waals surface area contributed by atoms with E-state index in [2.05, 4.69) is 21.2 Å². The maximum atomic E-state index is 13.1. The van der Waals surface area contributed by atoms with Crippen LogP contribution in [-0.2, 0) is 22.3 Å². The van der Waals surface area contributed by atoms with E-state index in [-0.39, 0.29) is 23.7 Å². The van der Waals surface area contributed by atoms with Gasteiger partial charge in [-0.1, -0.05) is 34.8 Å². The Labute approximate surface area is 208 Å². The van der Waals surface area contributed by atoms with Crippen molar-refractivity contribution in [2.75, 3.05) is 18.4 Å². The van der Waals surface area contributed by atoms with E-state index < -0.39 is 17.6 Å². The van der Waals surface area contributed by atoms with Crippen LogP contribution in [0.2, 0.25) is 0 Å². The second kappa shape index (κ2) is 9.18. The van der Waals surface area contributed by atoms with Crippen molar-refractivity contribution in [2.45, 2.75) is 38.4 Å². The van der Waals surface area contributed by atoms with Gasteiger partial charge in [-0.3, -0.25) is 9.59 Å². The third-order valence-electron chi connectivity index (χ3n) is 6.57. The summed E-state index contributed by atoms with van der Waals surface area (Å²) in [6, 6.07) is 8.97. The number of anilines is 1. The van der Waals surface area contributed by atoms with Crippen LogP contribution in [0, 0.1) is 0 Å². The number of benzene rings is 2. The zero-order valence-corrected chi connectivity index (χ0v) is 20.4. The molecule has 1 fully saturated rings. The zero-order valence-electron chi connectivity index (χ0n) is 18.8. The summed E-state index contributed by atoms with van der Waals surface area (Å²) in [5, 5.41) is 3.38. The molecule has 0 unspecified atom stereocenters. The minimum atomic E-state index is -4.49. The van der Waals surface area contributed by atoms with Crippen LogP contribution in [0.25, 0.3) is 22.6 Å². The van der Waals surface area contributed by atoms with Crippen molar-refractivity contribution in [3.8, 4) is 0 Å². The molecule has 0 saturated carbocycles. The number of likely N-dealkylation sites (tertiary alicyclic amines) is 1. The number of nitrogens with one attached hydrogen (secondary N) is 1. The highest BCUT2D eigenvalue weighted by atomic mass is 79.9. The molecule has 5 nitrogen and oxygen atoms in total. The molecular formula is C26H23BrF3N3O2. The van der Waals surface area contributed by atoms with E-state index in [1.165, 1.54) is 6.07 Å². The van der Waals surface area contributed by atoms with Crippen LogP contribution in [-0.4, -0.2) is 34.4 Å². The molecule has 2 aromatic carbocycles. The Morgan fingerprint density at radius 2 is 1.80 bits per heavy atom. The van der Waals surface area contributed by atoms with Gasteiger partial charge >= 0.3 is 6.18 Å². The molecular weight excluding hydrogens is 523 g/mol. The molecule has 1 aromatic heterocycles. The summed E-state index contributed by atoms with van der Waals surface area (Å²) in [7, 11) is 0. The fraction of sp³-hybridized carbons (Fsp3) is 0.308. The number of aromatic nitrogens is 1.